The molecule has 164 valence electrons. The number of halogens is 1. The molecule has 0 N–H and O–H groups in total. The van der Waals surface area contributed by atoms with Crippen LogP contribution in [0.2, 0.25) is 5.02 Å². The zero-order valence-corrected chi connectivity index (χ0v) is 18.7. The first-order valence-corrected chi connectivity index (χ1v) is 11.3. The first-order valence-electron chi connectivity index (χ1n) is 10.9. The standard InChI is InChI=1S/C26H21ClN4O2/c1-16-24-25-17(15-33-26(24)31(30-16)21-5-3-2-4-6-21)14-32-23-12-11-20(13-22(23)25)29-28-19-9-7-18(27)8-10-19/h2-13,17,25H,14-15H2,1H3/t17-,25+/m0/s1. The lowest BCUT2D eigenvalue weighted by Gasteiger charge is -2.37. The van der Waals surface area contributed by atoms with Crippen molar-refractivity contribution in [3.05, 3.63) is 94.6 Å². The quantitative estimate of drug-likeness (QED) is 0.319. The fourth-order valence-electron chi connectivity index (χ4n) is 4.62. The molecule has 0 fully saturated rings. The zero-order chi connectivity index (χ0) is 22.4. The number of aromatic nitrogens is 2. The van der Waals surface area contributed by atoms with Gasteiger partial charge in [-0.2, -0.15) is 15.3 Å². The maximum atomic E-state index is 6.23. The molecule has 0 aliphatic carbocycles. The number of hydrogen-bond donors (Lipinski definition) is 0. The summed E-state index contributed by atoms with van der Waals surface area (Å²) >= 11 is 5.96. The molecule has 1 aromatic heterocycles. The minimum Gasteiger partial charge on any atom is -0.493 e. The Morgan fingerprint density at radius 2 is 1.64 bits per heavy atom. The highest BCUT2D eigenvalue weighted by atomic mass is 35.5. The van der Waals surface area contributed by atoms with Gasteiger partial charge in [0.1, 0.15) is 5.75 Å². The Morgan fingerprint density at radius 3 is 2.45 bits per heavy atom. The summed E-state index contributed by atoms with van der Waals surface area (Å²) in [7, 11) is 0. The van der Waals surface area contributed by atoms with Crippen LogP contribution in [0.3, 0.4) is 0 Å². The lowest BCUT2D eigenvalue weighted by Crippen LogP contribution is -2.35. The van der Waals surface area contributed by atoms with Gasteiger partial charge in [-0.15, -0.1) is 0 Å². The van der Waals surface area contributed by atoms with Crippen molar-refractivity contribution >= 4 is 23.0 Å². The molecule has 3 heterocycles. The number of fused-ring (bicyclic) bond motifs is 5. The number of rotatable bonds is 3. The van der Waals surface area contributed by atoms with Gasteiger partial charge in [0, 0.05) is 28.0 Å². The second-order valence-corrected chi connectivity index (χ2v) is 8.75. The molecule has 0 bridgehead atoms. The zero-order valence-electron chi connectivity index (χ0n) is 18.0. The number of para-hydroxylation sites is 1. The maximum Gasteiger partial charge on any atom is 0.220 e. The number of benzene rings is 3. The van der Waals surface area contributed by atoms with Gasteiger partial charge >= 0.3 is 0 Å². The van der Waals surface area contributed by atoms with Crippen LogP contribution < -0.4 is 9.47 Å². The van der Waals surface area contributed by atoms with Crippen molar-refractivity contribution in [3.8, 4) is 17.3 Å². The molecule has 0 saturated heterocycles. The summed E-state index contributed by atoms with van der Waals surface area (Å²) in [5.74, 6) is 2.02. The van der Waals surface area contributed by atoms with Gasteiger partial charge in [-0.3, -0.25) is 0 Å². The Kier molecular flexibility index (Phi) is 4.88. The second-order valence-electron chi connectivity index (χ2n) is 8.31. The van der Waals surface area contributed by atoms with E-state index in [1.807, 2.05) is 66.2 Å². The molecule has 7 heteroatoms. The summed E-state index contributed by atoms with van der Waals surface area (Å²) in [5, 5.41) is 14.3. The highest BCUT2D eigenvalue weighted by molar-refractivity contribution is 6.30. The molecule has 0 spiro atoms. The van der Waals surface area contributed by atoms with Crippen LogP contribution in [0.25, 0.3) is 5.69 Å². The third kappa shape index (κ3) is 3.56. The molecule has 2 aliphatic rings. The van der Waals surface area contributed by atoms with Crippen LogP contribution in [0.1, 0.15) is 22.7 Å². The average molecular weight is 457 g/mol. The molecular weight excluding hydrogens is 436 g/mol. The monoisotopic (exact) mass is 456 g/mol. The van der Waals surface area contributed by atoms with Gasteiger partial charge in [-0.25, -0.2) is 4.68 Å². The normalized spacial score (nSPS) is 18.7. The molecule has 4 aromatic rings. The fraction of sp³-hybridized carbons (Fsp3) is 0.192. The van der Waals surface area contributed by atoms with Gasteiger partial charge in [0.05, 0.1) is 36.0 Å². The van der Waals surface area contributed by atoms with Gasteiger partial charge in [0.15, 0.2) is 0 Å². The van der Waals surface area contributed by atoms with Gasteiger partial charge in [0.25, 0.3) is 0 Å². The Morgan fingerprint density at radius 1 is 0.909 bits per heavy atom. The van der Waals surface area contributed by atoms with Crippen molar-refractivity contribution in [3.63, 3.8) is 0 Å². The fourth-order valence-corrected chi connectivity index (χ4v) is 4.75. The third-order valence-corrected chi connectivity index (χ3v) is 6.42. The SMILES string of the molecule is Cc1nn(-c2ccccc2)c2c1[C@H]1c3cc(N=Nc4ccc(Cl)cc4)ccc3OC[C@H]1CO2. The largest absolute Gasteiger partial charge is 0.493 e. The van der Waals surface area contributed by atoms with Crippen LogP contribution in [0.15, 0.2) is 83.0 Å². The number of hydrogen-bond acceptors (Lipinski definition) is 5. The van der Waals surface area contributed by atoms with Crippen molar-refractivity contribution in [2.75, 3.05) is 13.2 Å². The first kappa shape index (κ1) is 20.0. The average Bonchev–Trinajstić information content (AvgIpc) is 3.20. The molecule has 6 nitrogen and oxygen atoms in total. The van der Waals surface area contributed by atoms with Crippen LogP contribution in [-0.4, -0.2) is 23.0 Å². The lowest BCUT2D eigenvalue weighted by molar-refractivity contribution is 0.121. The van der Waals surface area contributed by atoms with E-state index in [-0.39, 0.29) is 11.8 Å². The van der Waals surface area contributed by atoms with Crippen LogP contribution in [-0.2, 0) is 0 Å². The van der Waals surface area contributed by atoms with E-state index in [1.165, 1.54) is 0 Å². The highest BCUT2D eigenvalue weighted by Crippen LogP contribution is 2.49. The first-order chi connectivity index (χ1) is 16.2. The lowest BCUT2D eigenvalue weighted by atomic mass is 9.78. The number of azo groups is 1. The minimum absolute atomic E-state index is 0.126. The molecule has 0 amide bonds. The molecule has 33 heavy (non-hydrogen) atoms. The van der Waals surface area contributed by atoms with Crippen molar-refractivity contribution in [1.29, 1.82) is 0 Å². The predicted octanol–water partition coefficient (Wildman–Crippen LogP) is 6.78. The summed E-state index contributed by atoms with van der Waals surface area (Å²) in [6, 6.07) is 23.4. The Labute approximate surface area is 196 Å². The van der Waals surface area contributed by atoms with Gasteiger partial charge < -0.3 is 9.47 Å². The van der Waals surface area contributed by atoms with E-state index in [9.17, 15) is 0 Å². The summed E-state index contributed by atoms with van der Waals surface area (Å²) < 4.78 is 14.2. The van der Waals surface area contributed by atoms with Crippen molar-refractivity contribution in [2.45, 2.75) is 12.8 Å². The van der Waals surface area contributed by atoms with E-state index in [4.69, 9.17) is 26.2 Å². The molecule has 6 rings (SSSR count). The van der Waals surface area contributed by atoms with Crippen molar-refractivity contribution in [1.82, 2.24) is 9.78 Å². The smallest absolute Gasteiger partial charge is 0.220 e. The second kappa shape index (κ2) is 8.05. The Balaban J connectivity index is 1.41. The topological polar surface area (TPSA) is 61.0 Å². The highest BCUT2D eigenvalue weighted by Gasteiger charge is 2.41. The van der Waals surface area contributed by atoms with E-state index in [1.54, 1.807) is 12.1 Å². The number of aryl methyl sites for hydroxylation is 1. The molecule has 2 aliphatic heterocycles. The minimum atomic E-state index is 0.126. The molecule has 0 saturated carbocycles. The molecule has 0 radical (unpaired) electrons. The van der Waals surface area contributed by atoms with Crippen molar-refractivity contribution in [2.24, 2.45) is 16.1 Å². The maximum absolute atomic E-state index is 6.23. The van der Waals surface area contributed by atoms with E-state index in [0.717, 1.165) is 45.5 Å². The van der Waals surface area contributed by atoms with Crippen LogP contribution in [0.5, 0.6) is 11.6 Å². The van der Waals surface area contributed by atoms with Crippen LogP contribution in [0, 0.1) is 12.8 Å². The summed E-state index contributed by atoms with van der Waals surface area (Å²) in [6.45, 7) is 3.23. The summed E-state index contributed by atoms with van der Waals surface area (Å²) in [4.78, 5) is 0. The molecule has 2 atom stereocenters. The van der Waals surface area contributed by atoms with E-state index in [2.05, 4.69) is 16.3 Å². The van der Waals surface area contributed by atoms with Crippen LogP contribution in [0.4, 0.5) is 11.4 Å². The summed E-state index contributed by atoms with van der Waals surface area (Å²) in [5.41, 5.74) is 5.68. The van der Waals surface area contributed by atoms with E-state index in [0.29, 0.717) is 18.2 Å². The molecule has 3 aromatic carbocycles. The number of nitrogens with zero attached hydrogens (tertiary/aromatic N) is 4. The van der Waals surface area contributed by atoms with E-state index < -0.39 is 0 Å². The van der Waals surface area contributed by atoms with Gasteiger partial charge in [-0.1, -0.05) is 29.8 Å². The molecular formula is C26H21ClN4O2. The summed E-state index contributed by atoms with van der Waals surface area (Å²) in [6.07, 6.45) is 0. The van der Waals surface area contributed by atoms with Gasteiger partial charge in [-0.05, 0) is 61.5 Å². The Bertz CT molecular complexity index is 1350. The Hall–Kier alpha value is -3.64. The van der Waals surface area contributed by atoms with Crippen LogP contribution >= 0.6 is 11.6 Å². The third-order valence-electron chi connectivity index (χ3n) is 6.17. The number of ether oxygens (including phenoxy) is 2. The molecule has 0 unspecified atom stereocenters. The predicted molar refractivity (Wildman–Crippen MR) is 127 cm³/mol. The van der Waals surface area contributed by atoms with Gasteiger partial charge in [0.2, 0.25) is 5.88 Å². The van der Waals surface area contributed by atoms with E-state index >= 15 is 0 Å². The van der Waals surface area contributed by atoms with Crippen molar-refractivity contribution < 1.29 is 9.47 Å².